The third kappa shape index (κ3) is 5.98. The molecule has 5 nitrogen and oxygen atoms in total. The van der Waals surface area contributed by atoms with Gasteiger partial charge in [-0.25, -0.2) is 4.79 Å². The highest BCUT2D eigenvalue weighted by Crippen LogP contribution is 2.38. The number of amides is 1. The van der Waals surface area contributed by atoms with E-state index in [1.807, 2.05) is 13.8 Å². The molecule has 2 rings (SSSR count). The smallest absolute Gasteiger partial charge is 0.405 e. The van der Waals surface area contributed by atoms with Crippen LogP contribution < -0.4 is 10.5 Å². The van der Waals surface area contributed by atoms with E-state index in [1.165, 1.54) is 5.56 Å². The van der Waals surface area contributed by atoms with E-state index in [1.54, 1.807) is 0 Å². The Bertz CT molecular complexity index is 722. The van der Waals surface area contributed by atoms with Crippen LogP contribution in [-0.4, -0.2) is 33.2 Å². The van der Waals surface area contributed by atoms with E-state index in [9.17, 15) is 4.79 Å². The van der Waals surface area contributed by atoms with Gasteiger partial charge < -0.3 is 19.6 Å². The zero-order chi connectivity index (χ0) is 21.3. The van der Waals surface area contributed by atoms with Gasteiger partial charge in [-0.1, -0.05) is 32.9 Å². The van der Waals surface area contributed by atoms with Gasteiger partial charge in [0.1, 0.15) is 17.5 Å². The summed E-state index contributed by atoms with van der Waals surface area (Å²) in [6, 6.07) is 4.23. The van der Waals surface area contributed by atoms with Crippen LogP contribution in [0.15, 0.2) is 12.1 Å². The molecule has 0 saturated carbocycles. The van der Waals surface area contributed by atoms with Gasteiger partial charge in [-0.3, -0.25) is 0 Å². The van der Waals surface area contributed by atoms with Crippen LogP contribution in [0, 0.1) is 6.92 Å². The summed E-state index contributed by atoms with van der Waals surface area (Å²) < 4.78 is 18.0. The van der Waals surface area contributed by atoms with Crippen molar-refractivity contribution in [2.75, 3.05) is 0 Å². The van der Waals surface area contributed by atoms with E-state index in [-0.39, 0.29) is 16.7 Å². The Morgan fingerprint density at radius 3 is 2.43 bits per heavy atom. The molecule has 1 atom stereocenters. The fourth-order valence-electron chi connectivity index (χ4n) is 3.44. The summed E-state index contributed by atoms with van der Waals surface area (Å²) in [4.78, 5) is 11.2. The van der Waals surface area contributed by atoms with Gasteiger partial charge in [0.2, 0.25) is 9.76 Å². The lowest BCUT2D eigenvalue weighted by Crippen LogP contribution is -2.46. The largest absolute Gasteiger partial charge is 0.487 e. The average Bonchev–Trinajstić information content (AvgIpc) is 2.53. The second kappa shape index (κ2) is 8.07. The summed E-state index contributed by atoms with van der Waals surface area (Å²) in [6.07, 6.45) is 1.72. The summed E-state index contributed by atoms with van der Waals surface area (Å²) in [5, 5.41) is 0.138. The highest BCUT2D eigenvalue weighted by atomic mass is 28.2. The van der Waals surface area contributed by atoms with Gasteiger partial charge in [-0.05, 0) is 69.2 Å². The summed E-state index contributed by atoms with van der Waals surface area (Å²) in [7, 11) is 0.415. The van der Waals surface area contributed by atoms with E-state index in [0.717, 1.165) is 29.7 Å². The second-order valence-electron chi connectivity index (χ2n) is 9.90. The van der Waals surface area contributed by atoms with Crippen molar-refractivity contribution >= 4 is 15.9 Å². The molecule has 156 valence electrons. The van der Waals surface area contributed by atoms with Crippen LogP contribution in [0.4, 0.5) is 4.79 Å². The number of primary amides is 1. The highest BCUT2D eigenvalue weighted by Gasteiger charge is 2.37. The topological polar surface area (TPSA) is 70.8 Å². The van der Waals surface area contributed by atoms with Gasteiger partial charge in [0.05, 0.1) is 5.60 Å². The van der Waals surface area contributed by atoms with Crippen molar-refractivity contribution in [3.8, 4) is 5.75 Å². The number of nitrogens with two attached hydrogens (primary N) is 1. The molecule has 1 aromatic carbocycles. The van der Waals surface area contributed by atoms with E-state index in [4.69, 9.17) is 19.6 Å². The third-order valence-electron chi connectivity index (χ3n) is 4.92. The Labute approximate surface area is 172 Å². The molecular formula is C22H35NO4Si. The molecule has 1 aliphatic rings. The fourth-order valence-corrected chi connectivity index (χ4v) is 4.14. The predicted molar refractivity (Wildman–Crippen MR) is 113 cm³/mol. The first-order valence-corrected chi connectivity index (χ1v) is 10.8. The molecule has 0 saturated heterocycles. The number of ether oxygens (including phenoxy) is 2. The van der Waals surface area contributed by atoms with Crippen LogP contribution in [-0.2, 0) is 22.0 Å². The van der Waals surface area contributed by atoms with Crippen LogP contribution in [0.5, 0.6) is 5.75 Å². The maximum atomic E-state index is 11.2. The molecule has 2 radical (unpaired) electrons. The molecule has 0 aromatic heterocycles. The van der Waals surface area contributed by atoms with Gasteiger partial charge in [-0.15, -0.1) is 0 Å². The molecule has 1 heterocycles. The summed E-state index contributed by atoms with van der Waals surface area (Å²) in [6.45, 7) is 16.6. The number of carbonyl (C=O) groups excluding carboxylic acids is 1. The minimum Gasteiger partial charge on any atom is -0.487 e. The van der Waals surface area contributed by atoms with Crippen LogP contribution in [0.2, 0.25) is 5.04 Å². The molecule has 0 spiro atoms. The number of benzene rings is 1. The number of aryl methyl sites for hydroxylation is 1. The molecular weight excluding hydrogens is 370 g/mol. The van der Waals surface area contributed by atoms with Crippen molar-refractivity contribution in [1.82, 2.24) is 0 Å². The normalized spacial score (nSPS) is 17.6. The Hall–Kier alpha value is -1.53. The lowest BCUT2D eigenvalue weighted by atomic mass is 9.88. The van der Waals surface area contributed by atoms with Crippen LogP contribution in [0.25, 0.3) is 0 Å². The molecule has 0 aliphatic carbocycles. The van der Waals surface area contributed by atoms with Crippen molar-refractivity contribution in [3.63, 3.8) is 0 Å². The Morgan fingerprint density at radius 2 is 1.86 bits per heavy atom. The summed E-state index contributed by atoms with van der Waals surface area (Å²) in [5.41, 5.74) is 7.59. The monoisotopic (exact) mass is 405 g/mol. The van der Waals surface area contributed by atoms with Crippen molar-refractivity contribution in [1.29, 1.82) is 0 Å². The van der Waals surface area contributed by atoms with Gasteiger partial charge >= 0.3 is 6.09 Å². The van der Waals surface area contributed by atoms with Gasteiger partial charge in [0, 0.05) is 6.42 Å². The fraction of sp³-hybridized carbons (Fsp3) is 0.682. The van der Waals surface area contributed by atoms with Crippen molar-refractivity contribution in [2.45, 2.75) is 97.0 Å². The molecule has 28 heavy (non-hydrogen) atoms. The Balaban J connectivity index is 2.20. The number of hydrogen-bond acceptors (Lipinski definition) is 4. The maximum Gasteiger partial charge on any atom is 0.405 e. The van der Waals surface area contributed by atoms with Gasteiger partial charge in [0.25, 0.3) is 0 Å². The van der Waals surface area contributed by atoms with Crippen LogP contribution in [0.3, 0.4) is 0 Å². The predicted octanol–water partition coefficient (Wildman–Crippen LogP) is 4.74. The van der Waals surface area contributed by atoms with Crippen molar-refractivity contribution in [3.05, 3.63) is 28.8 Å². The Morgan fingerprint density at radius 1 is 1.21 bits per heavy atom. The molecule has 2 N–H and O–H groups in total. The van der Waals surface area contributed by atoms with Crippen LogP contribution in [0.1, 0.15) is 71.6 Å². The minimum atomic E-state index is -0.754. The van der Waals surface area contributed by atoms with E-state index in [2.05, 4.69) is 53.7 Å². The molecule has 0 bridgehead atoms. The quantitative estimate of drug-likeness (QED) is 0.694. The molecule has 6 heteroatoms. The molecule has 1 unspecified atom stereocenters. The van der Waals surface area contributed by atoms with Crippen molar-refractivity contribution in [2.24, 2.45) is 5.73 Å². The lowest BCUT2D eigenvalue weighted by Gasteiger charge is -2.40. The summed E-state index contributed by atoms with van der Waals surface area (Å²) >= 11 is 0. The SMILES string of the molecule is Cc1c(CC(C)(C)OC(N)=O)ccc2c1OC(C(C)(C)O[Si]C(C)(C)C)CC2. The summed E-state index contributed by atoms with van der Waals surface area (Å²) in [5.74, 6) is 0.944. The van der Waals surface area contributed by atoms with E-state index >= 15 is 0 Å². The average molecular weight is 406 g/mol. The first-order chi connectivity index (χ1) is 12.7. The molecule has 0 fully saturated rings. The zero-order valence-corrected chi connectivity index (χ0v) is 19.6. The number of fused-ring (bicyclic) bond motifs is 1. The maximum absolute atomic E-state index is 11.2. The van der Waals surface area contributed by atoms with Gasteiger partial charge in [-0.2, -0.15) is 0 Å². The number of carbonyl (C=O) groups is 1. The molecule has 1 amide bonds. The van der Waals surface area contributed by atoms with Gasteiger partial charge in [0.15, 0.2) is 0 Å². The third-order valence-corrected chi connectivity index (χ3v) is 6.16. The second-order valence-corrected chi connectivity index (χ2v) is 11.8. The lowest BCUT2D eigenvalue weighted by molar-refractivity contribution is -0.0244. The number of hydrogen-bond donors (Lipinski definition) is 1. The van der Waals surface area contributed by atoms with Crippen molar-refractivity contribution < 1.29 is 18.7 Å². The first kappa shape index (κ1) is 22.8. The van der Waals surface area contributed by atoms with E-state index in [0.29, 0.717) is 16.2 Å². The Kier molecular flexibility index (Phi) is 6.56. The standard InChI is InChI=1S/C22H35NO4Si/c1-14-16(13-21(5,6)26-19(23)24)10-9-15-11-12-17(25-18(14)15)22(7,8)27-28-20(2,3)4/h9-10,17H,11-13H2,1-8H3,(H2,23,24). The van der Waals surface area contributed by atoms with Crippen LogP contribution >= 0.6 is 0 Å². The van der Waals surface area contributed by atoms with E-state index < -0.39 is 11.7 Å². The first-order valence-electron chi connectivity index (χ1n) is 9.92. The molecule has 1 aliphatic heterocycles. The highest BCUT2D eigenvalue weighted by molar-refractivity contribution is 6.31. The zero-order valence-electron chi connectivity index (χ0n) is 18.6. The number of rotatable bonds is 6. The minimum absolute atomic E-state index is 0.00122. The molecule has 1 aromatic rings.